The van der Waals surface area contributed by atoms with Crippen LogP contribution in [0.15, 0.2) is 53.4 Å². The molecule has 0 saturated carbocycles. The van der Waals surface area contributed by atoms with Crippen molar-refractivity contribution in [2.24, 2.45) is 0 Å². The number of rotatable bonds is 6. The molecule has 0 atom stereocenters. The Bertz CT molecular complexity index is 1050. The number of nitro groups is 1. The maximum Gasteiger partial charge on any atom is 0.270 e. The summed E-state index contributed by atoms with van der Waals surface area (Å²) in [7, 11) is -1.88. The fourth-order valence-corrected chi connectivity index (χ4v) is 5.89. The molecule has 10 heteroatoms. The summed E-state index contributed by atoms with van der Waals surface area (Å²) in [6.07, 6.45) is 0. The molecule has 0 amide bonds. The number of benzene rings is 2. The van der Waals surface area contributed by atoms with E-state index in [9.17, 15) is 18.5 Å². The van der Waals surface area contributed by atoms with E-state index in [0.717, 1.165) is 19.6 Å². The zero-order valence-electron chi connectivity index (χ0n) is 18.3. The average Bonchev–Trinajstić information content (AvgIpc) is 2.80. The molecule has 0 bridgehead atoms. The molecular formula is C22H29N5O4S. The summed E-state index contributed by atoms with van der Waals surface area (Å²) in [5, 5.41) is 11.4. The minimum Gasteiger partial charge on any atom is -0.368 e. The lowest BCUT2D eigenvalue weighted by atomic mass is 10.2. The standard InChI is InChI=1S/C22H29N5O4S/c1-23-9-15-26(16-10-23)32(30,31)22-17-20(27(28)29)7-8-21(22)25-13-11-24(12-14-25)18-19-5-3-2-4-6-19/h2-8,17H,9-16,18H2,1H3. The third-order valence-corrected chi connectivity index (χ3v) is 8.12. The highest BCUT2D eigenvalue weighted by Gasteiger charge is 2.33. The van der Waals surface area contributed by atoms with Crippen molar-refractivity contribution in [1.82, 2.24) is 14.1 Å². The van der Waals surface area contributed by atoms with Gasteiger partial charge in [0.15, 0.2) is 0 Å². The van der Waals surface area contributed by atoms with Crippen molar-refractivity contribution in [1.29, 1.82) is 0 Å². The highest BCUT2D eigenvalue weighted by atomic mass is 32.2. The van der Waals surface area contributed by atoms with Crippen LogP contribution >= 0.6 is 0 Å². The fourth-order valence-electron chi connectivity index (χ4n) is 4.24. The molecule has 2 heterocycles. The SMILES string of the molecule is CN1CCN(S(=O)(=O)c2cc([N+](=O)[O-])ccc2N2CCN(Cc3ccccc3)CC2)CC1. The van der Waals surface area contributed by atoms with Gasteiger partial charge in [0, 0.05) is 71.0 Å². The normalized spacial score (nSPS) is 19.2. The van der Waals surface area contributed by atoms with E-state index >= 15 is 0 Å². The number of likely N-dealkylation sites (N-methyl/N-ethyl adjacent to an activating group) is 1. The molecule has 0 aromatic heterocycles. The predicted molar refractivity (Wildman–Crippen MR) is 123 cm³/mol. The van der Waals surface area contributed by atoms with Crippen LogP contribution in [0.5, 0.6) is 0 Å². The van der Waals surface area contributed by atoms with Gasteiger partial charge < -0.3 is 9.80 Å². The van der Waals surface area contributed by atoms with Crippen LogP contribution in [-0.2, 0) is 16.6 Å². The summed E-state index contributed by atoms with van der Waals surface area (Å²) >= 11 is 0. The molecule has 2 aliphatic rings. The van der Waals surface area contributed by atoms with Crippen LogP contribution in [0, 0.1) is 10.1 Å². The van der Waals surface area contributed by atoms with E-state index in [1.165, 1.54) is 22.0 Å². The number of hydrogen-bond donors (Lipinski definition) is 0. The monoisotopic (exact) mass is 459 g/mol. The Balaban J connectivity index is 1.55. The summed E-state index contributed by atoms with van der Waals surface area (Å²) in [6.45, 7) is 5.80. The van der Waals surface area contributed by atoms with E-state index < -0.39 is 14.9 Å². The zero-order chi connectivity index (χ0) is 22.7. The lowest BCUT2D eigenvalue weighted by Crippen LogP contribution is -2.48. The zero-order valence-corrected chi connectivity index (χ0v) is 19.1. The number of nitro benzene ring substituents is 1. The summed E-state index contributed by atoms with van der Waals surface area (Å²) in [5.74, 6) is 0. The molecule has 172 valence electrons. The Morgan fingerprint density at radius 1 is 0.906 bits per heavy atom. The van der Waals surface area contributed by atoms with E-state index in [4.69, 9.17) is 0 Å². The van der Waals surface area contributed by atoms with Crippen LogP contribution in [0.25, 0.3) is 0 Å². The van der Waals surface area contributed by atoms with E-state index in [-0.39, 0.29) is 10.6 Å². The molecule has 9 nitrogen and oxygen atoms in total. The van der Waals surface area contributed by atoms with Crippen molar-refractivity contribution in [3.05, 3.63) is 64.2 Å². The van der Waals surface area contributed by atoms with Gasteiger partial charge in [-0.3, -0.25) is 15.0 Å². The molecule has 0 unspecified atom stereocenters. The first-order valence-electron chi connectivity index (χ1n) is 10.8. The van der Waals surface area contributed by atoms with Crippen LogP contribution in [0.4, 0.5) is 11.4 Å². The average molecular weight is 460 g/mol. The molecular weight excluding hydrogens is 430 g/mol. The lowest BCUT2D eigenvalue weighted by molar-refractivity contribution is -0.385. The number of nitrogens with zero attached hydrogens (tertiary/aromatic N) is 5. The van der Waals surface area contributed by atoms with Crippen LogP contribution in [-0.4, -0.2) is 86.9 Å². The molecule has 2 saturated heterocycles. The van der Waals surface area contributed by atoms with Gasteiger partial charge in [0.25, 0.3) is 5.69 Å². The van der Waals surface area contributed by atoms with Crippen molar-refractivity contribution in [3.8, 4) is 0 Å². The van der Waals surface area contributed by atoms with E-state index in [1.807, 2.05) is 30.1 Å². The van der Waals surface area contributed by atoms with Gasteiger partial charge in [0.2, 0.25) is 10.0 Å². The number of piperazine rings is 2. The molecule has 2 aromatic rings. The molecule has 0 spiro atoms. The largest absolute Gasteiger partial charge is 0.368 e. The Kier molecular flexibility index (Phi) is 6.75. The van der Waals surface area contributed by atoms with Crippen LogP contribution in [0.1, 0.15) is 5.56 Å². The third kappa shape index (κ3) is 4.93. The lowest BCUT2D eigenvalue weighted by Gasteiger charge is -2.38. The number of non-ortho nitro benzene ring substituents is 1. The number of sulfonamides is 1. The minimum absolute atomic E-state index is 0.0350. The smallest absolute Gasteiger partial charge is 0.270 e. The minimum atomic E-state index is -3.84. The second-order valence-corrected chi connectivity index (χ2v) is 10.3. The molecule has 0 radical (unpaired) electrons. The van der Waals surface area contributed by atoms with Crippen LogP contribution in [0.2, 0.25) is 0 Å². The second-order valence-electron chi connectivity index (χ2n) is 8.37. The summed E-state index contributed by atoms with van der Waals surface area (Å²) in [6, 6.07) is 14.5. The van der Waals surface area contributed by atoms with Crippen molar-refractivity contribution < 1.29 is 13.3 Å². The Morgan fingerprint density at radius 3 is 2.19 bits per heavy atom. The summed E-state index contributed by atoms with van der Waals surface area (Å²) in [4.78, 5) is 17.3. The first kappa shape index (κ1) is 22.7. The molecule has 2 aromatic carbocycles. The summed E-state index contributed by atoms with van der Waals surface area (Å²) < 4.78 is 28.4. The predicted octanol–water partition coefficient (Wildman–Crippen LogP) is 1.85. The van der Waals surface area contributed by atoms with Crippen LogP contribution < -0.4 is 4.90 Å². The maximum atomic E-state index is 13.5. The van der Waals surface area contributed by atoms with Gasteiger partial charge in [0.05, 0.1) is 10.6 Å². The first-order valence-corrected chi connectivity index (χ1v) is 12.3. The molecule has 0 aliphatic carbocycles. The Morgan fingerprint density at radius 2 is 1.56 bits per heavy atom. The van der Waals surface area contributed by atoms with Crippen LogP contribution in [0.3, 0.4) is 0 Å². The quantitative estimate of drug-likeness (QED) is 0.481. The number of anilines is 1. The van der Waals surface area contributed by atoms with Gasteiger partial charge in [0.1, 0.15) is 4.90 Å². The molecule has 4 rings (SSSR count). The molecule has 2 fully saturated rings. The van der Waals surface area contributed by atoms with Gasteiger partial charge in [-0.1, -0.05) is 30.3 Å². The van der Waals surface area contributed by atoms with Gasteiger partial charge in [-0.05, 0) is 18.7 Å². The third-order valence-electron chi connectivity index (χ3n) is 6.20. The Hall–Kier alpha value is -2.53. The first-order chi connectivity index (χ1) is 15.3. The van der Waals surface area contributed by atoms with Gasteiger partial charge in [-0.15, -0.1) is 0 Å². The van der Waals surface area contributed by atoms with Crippen molar-refractivity contribution in [2.45, 2.75) is 11.4 Å². The van der Waals surface area contributed by atoms with Crippen molar-refractivity contribution in [3.63, 3.8) is 0 Å². The van der Waals surface area contributed by atoms with Gasteiger partial charge >= 0.3 is 0 Å². The molecule has 32 heavy (non-hydrogen) atoms. The van der Waals surface area contributed by atoms with E-state index in [2.05, 4.69) is 21.9 Å². The van der Waals surface area contributed by atoms with E-state index in [0.29, 0.717) is 45.0 Å². The Labute approximate surface area is 189 Å². The number of hydrogen-bond acceptors (Lipinski definition) is 7. The second kappa shape index (κ2) is 9.53. The maximum absolute atomic E-state index is 13.5. The fraction of sp³-hybridized carbons (Fsp3) is 0.455. The molecule has 0 N–H and O–H groups in total. The van der Waals surface area contributed by atoms with Gasteiger partial charge in [-0.2, -0.15) is 4.31 Å². The summed E-state index contributed by atoms with van der Waals surface area (Å²) in [5.41, 5.74) is 1.59. The highest BCUT2D eigenvalue weighted by molar-refractivity contribution is 7.89. The topological polar surface area (TPSA) is 90.2 Å². The van der Waals surface area contributed by atoms with Gasteiger partial charge in [-0.25, -0.2) is 8.42 Å². The highest BCUT2D eigenvalue weighted by Crippen LogP contribution is 2.32. The van der Waals surface area contributed by atoms with Crippen molar-refractivity contribution >= 4 is 21.4 Å². The van der Waals surface area contributed by atoms with E-state index in [1.54, 1.807) is 6.07 Å². The molecule has 2 aliphatic heterocycles. The van der Waals surface area contributed by atoms with Crippen molar-refractivity contribution in [2.75, 3.05) is 64.3 Å².